The van der Waals surface area contributed by atoms with Gasteiger partial charge in [-0.3, -0.25) is 9.89 Å². The number of carbonyl (C=O) groups is 1. The first-order valence-corrected chi connectivity index (χ1v) is 10.3. The summed E-state index contributed by atoms with van der Waals surface area (Å²) in [6, 6.07) is 10.5. The van der Waals surface area contributed by atoms with Gasteiger partial charge in [-0.1, -0.05) is 24.3 Å². The number of hydrogen-bond donors (Lipinski definition) is 1. The number of H-pyrrole nitrogens is 1. The Kier molecular flexibility index (Phi) is 6.61. The van der Waals surface area contributed by atoms with Gasteiger partial charge >= 0.3 is 7.12 Å². The molecule has 1 aromatic heterocycles. The molecule has 6 nitrogen and oxygen atoms in total. The number of rotatable bonds is 3. The van der Waals surface area contributed by atoms with Gasteiger partial charge in [0, 0.05) is 6.20 Å². The van der Waals surface area contributed by atoms with E-state index in [9.17, 15) is 4.79 Å². The van der Waals surface area contributed by atoms with E-state index in [-0.39, 0.29) is 18.3 Å². The van der Waals surface area contributed by atoms with Gasteiger partial charge in [0.2, 0.25) is 0 Å². The van der Waals surface area contributed by atoms with Gasteiger partial charge in [0.25, 0.3) is 0 Å². The van der Waals surface area contributed by atoms with Crippen LogP contribution in [0.25, 0.3) is 0 Å². The van der Waals surface area contributed by atoms with Crippen molar-refractivity contribution in [3.8, 4) is 0 Å². The van der Waals surface area contributed by atoms with Gasteiger partial charge in [0.15, 0.2) is 6.29 Å². The Morgan fingerprint density at radius 1 is 1.07 bits per heavy atom. The van der Waals surface area contributed by atoms with Gasteiger partial charge in [-0.15, -0.1) is 0 Å². The molecule has 2 aliphatic rings. The third kappa shape index (κ3) is 5.16. The van der Waals surface area contributed by atoms with Gasteiger partial charge in [0.1, 0.15) is 0 Å². The molecule has 0 bridgehead atoms. The molecule has 0 atom stereocenters. The van der Waals surface area contributed by atoms with Gasteiger partial charge in [-0.2, -0.15) is 5.10 Å². The van der Waals surface area contributed by atoms with E-state index in [2.05, 4.69) is 74.1 Å². The minimum atomic E-state index is -0.274. The highest BCUT2D eigenvalue weighted by Crippen LogP contribution is 2.36. The van der Waals surface area contributed by atoms with Crippen LogP contribution < -0.4 is 5.46 Å². The number of piperidine rings is 1. The van der Waals surface area contributed by atoms with Crippen molar-refractivity contribution in [3.05, 3.63) is 47.8 Å². The molecule has 0 radical (unpaired) electrons. The largest absolute Gasteiger partial charge is 0.494 e. The van der Waals surface area contributed by atoms with Crippen molar-refractivity contribution < 1.29 is 14.1 Å². The summed E-state index contributed by atoms with van der Waals surface area (Å²) in [6.45, 7) is 10.8. The summed E-state index contributed by atoms with van der Waals surface area (Å²) in [5.41, 5.74) is 2.54. The standard InChI is InChI=1S/C18H28BNO2.C4H4N2O/c1-17(2)18(3,4)22-19(21-17)16-8-6-14(7-9-16)15-10-12-20(5)13-11-15;7-3-4-1-2-5-6-4/h6-9,15H,10-13H2,1-5H3;1-3H,(H,5,6). The minimum absolute atomic E-state index is 0.253. The van der Waals surface area contributed by atoms with Crippen LogP contribution in [0.15, 0.2) is 36.5 Å². The summed E-state index contributed by atoms with van der Waals surface area (Å²) < 4.78 is 12.2. The lowest BCUT2D eigenvalue weighted by Gasteiger charge is -2.32. The van der Waals surface area contributed by atoms with E-state index in [1.165, 1.54) is 37.7 Å². The molecule has 2 saturated heterocycles. The lowest BCUT2D eigenvalue weighted by atomic mass is 9.77. The van der Waals surface area contributed by atoms with E-state index in [0.29, 0.717) is 17.9 Å². The van der Waals surface area contributed by atoms with Crippen LogP contribution in [0.2, 0.25) is 0 Å². The fraction of sp³-hybridized carbons (Fsp3) is 0.545. The SMILES string of the molecule is CN1CCC(c2ccc(B3OC(C)(C)C(C)(C)O3)cc2)CC1.O=Cc1ccn[nH]1. The average molecular weight is 397 g/mol. The van der Waals surface area contributed by atoms with E-state index in [4.69, 9.17) is 9.31 Å². The number of aromatic nitrogens is 2. The maximum Gasteiger partial charge on any atom is 0.494 e. The highest BCUT2D eigenvalue weighted by atomic mass is 16.7. The van der Waals surface area contributed by atoms with E-state index in [1.807, 2.05) is 0 Å². The monoisotopic (exact) mass is 397 g/mol. The molecule has 0 amide bonds. The second-order valence-electron chi connectivity index (χ2n) is 8.96. The van der Waals surface area contributed by atoms with E-state index >= 15 is 0 Å². The number of aldehydes is 1. The van der Waals surface area contributed by atoms with Crippen LogP contribution >= 0.6 is 0 Å². The third-order valence-electron chi connectivity index (χ3n) is 6.30. The molecule has 3 heterocycles. The molecule has 156 valence electrons. The minimum Gasteiger partial charge on any atom is -0.399 e. The van der Waals surface area contributed by atoms with Crippen LogP contribution in [0.4, 0.5) is 0 Å². The molecule has 0 saturated carbocycles. The molecule has 0 aliphatic carbocycles. The molecule has 0 unspecified atom stereocenters. The molecule has 2 fully saturated rings. The zero-order chi connectivity index (χ0) is 21.1. The molecule has 7 heteroatoms. The summed E-state index contributed by atoms with van der Waals surface area (Å²) in [4.78, 5) is 12.2. The van der Waals surface area contributed by atoms with Gasteiger partial charge in [0.05, 0.1) is 16.9 Å². The molecule has 2 aliphatic heterocycles. The summed E-state index contributed by atoms with van der Waals surface area (Å²) in [6.07, 6.45) is 4.76. The van der Waals surface area contributed by atoms with Crippen LogP contribution in [0.5, 0.6) is 0 Å². The maximum absolute atomic E-state index is 9.80. The molecule has 2 aromatic rings. The first-order valence-electron chi connectivity index (χ1n) is 10.3. The zero-order valence-electron chi connectivity index (χ0n) is 18.1. The van der Waals surface area contributed by atoms with Crippen molar-refractivity contribution in [2.75, 3.05) is 20.1 Å². The Morgan fingerprint density at radius 3 is 2.10 bits per heavy atom. The Morgan fingerprint density at radius 2 is 1.66 bits per heavy atom. The van der Waals surface area contributed by atoms with Gasteiger partial charge in [-0.25, -0.2) is 0 Å². The smallest absolute Gasteiger partial charge is 0.399 e. The summed E-state index contributed by atoms with van der Waals surface area (Å²) in [5, 5.41) is 6.01. The van der Waals surface area contributed by atoms with Crippen LogP contribution in [0.3, 0.4) is 0 Å². The molecule has 0 spiro atoms. The highest BCUT2D eigenvalue weighted by Gasteiger charge is 2.51. The maximum atomic E-state index is 9.80. The van der Waals surface area contributed by atoms with Crippen molar-refractivity contribution in [1.82, 2.24) is 15.1 Å². The van der Waals surface area contributed by atoms with Crippen molar-refractivity contribution in [3.63, 3.8) is 0 Å². The number of carbonyl (C=O) groups excluding carboxylic acids is 1. The Bertz CT molecular complexity index is 766. The number of nitrogens with zero attached hydrogens (tertiary/aromatic N) is 2. The molecule has 29 heavy (non-hydrogen) atoms. The Hall–Kier alpha value is -1.96. The van der Waals surface area contributed by atoms with E-state index in [0.717, 1.165) is 5.46 Å². The number of nitrogens with one attached hydrogen (secondary N) is 1. The third-order valence-corrected chi connectivity index (χ3v) is 6.30. The Labute approximate surface area is 174 Å². The van der Waals surface area contributed by atoms with Crippen LogP contribution in [0, 0.1) is 0 Å². The van der Waals surface area contributed by atoms with Crippen molar-refractivity contribution in [1.29, 1.82) is 0 Å². The van der Waals surface area contributed by atoms with E-state index in [1.54, 1.807) is 6.07 Å². The average Bonchev–Trinajstić information content (AvgIpc) is 3.29. The molecule has 1 N–H and O–H groups in total. The van der Waals surface area contributed by atoms with Crippen molar-refractivity contribution in [2.24, 2.45) is 0 Å². The predicted molar refractivity (Wildman–Crippen MR) is 116 cm³/mol. The number of benzene rings is 1. The zero-order valence-corrected chi connectivity index (χ0v) is 18.1. The molecule has 4 rings (SSSR count). The summed E-state index contributed by atoms with van der Waals surface area (Å²) in [7, 11) is 1.95. The lowest BCUT2D eigenvalue weighted by Crippen LogP contribution is -2.41. The summed E-state index contributed by atoms with van der Waals surface area (Å²) in [5.74, 6) is 0.698. The fourth-order valence-corrected chi connectivity index (χ4v) is 3.58. The molecular formula is C22H32BN3O3. The number of hydrogen-bond acceptors (Lipinski definition) is 5. The molecule has 1 aromatic carbocycles. The number of aromatic amines is 1. The highest BCUT2D eigenvalue weighted by molar-refractivity contribution is 6.62. The predicted octanol–water partition coefficient (Wildman–Crippen LogP) is 3.02. The van der Waals surface area contributed by atoms with Crippen LogP contribution in [-0.2, 0) is 9.31 Å². The lowest BCUT2D eigenvalue weighted by molar-refractivity contribution is 0.00578. The quantitative estimate of drug-likeness (QED) is 0.637. The van der Waals surface area contributed by atoms with Crippen molar-refractivity contribution in [2.45, 2.75) is 57.7 Å². The van der Waals surface area contributed by atoms with Crippen LogP contribution in [-0.4, -0.2) is 59.8 Å². The first-order chi connectivity index (χ1) is 13.7. The normalized spacial score (nSPS) is 21.5. The Balaban J connectivity index is 0.000000290. The topological polar surface area (TPSA) is 67.5 Å². The fourth-order valence-electron chi connectivity index (χ4n) is 3.58. The van der Waals surface area contributed by atoms with E-state index < -0.39 is 0 Å². The van der Waals surface area contributed by atoms with Gasteiger partial charge < -0.3 is 14.2 Å². The van der Waals surface area contributed by atoms with Gasteiger partial charge in [-0.05, 0) is 83.7 Å². The molecular weight excluding hydrogens is 365 g/mol. The summed E-state index contributed by atoms with van der Waals surface area (Å²) >= 11 is 0. The van der Waals surface area contributed by atoms with Crippen LogP contribution in [0.1, 0.15) is 62.5 Å². The second-order valence-corrected chi connectivity index (χ2v) is 8.96. The van der Waals surface area contributed by atoms with Crippen molar-refractivity contribution >= 4 is 18.9 Å². The first kappa shape index (κ1) is 21.7. The second kappa shape index (κ2) is 8.82. The number of likely N-dealkylation sites (tertiary alicyclic amines) is 1.